The molecular formula is C8H3F6. The van der Waals surface area contributed by atoms with E-state index in [1.165, 1.54) is 6.07 Å². The predicted octanol–water partition coefficient (Wildman–Crippen LogP) is 3.52. The second-order valence-electron chi connectivity index (χ2n) is 2.49. The first kappa shape index (κ1) is 10.9. The van der Waals surface area contributed by atoms with Crippen LogP contribution in [0.5, 0.6) is 0 Å². The van der Waals surface area contributed by atoms with Gasteiger partial charge >= 0.3 is 12.4 Å². The highest BCUT2D eigenvalue weighted by Gasteiger charge is 2.34. The molecule has 0 fully saturated rings. The number of rotatable bonds is 0. The molecule has 0 atom stereocenters. The van der Waals surface area contributed by atoms with Gasteiger partial charge in [0.2, 0.25) is 0 Å². The molecule has 0 aliphatic rings. The molecule has 1 aromatic carbocycles. The van der Waals surface area contributed by atoms with E-state index in [1.54, 1.807) is 0 Å². The molecule has 1 aromatic rings. The van der Waals surface area contributed by atoms with Gasteiger partial charge in [-0.3, -0.25) is 0 Å². The molecule has 0 saturated heterocycles. The normalized spacial score (nSPS) is 13.0. The molecule has 0 heterocycles. The van der Waals surface area contributed by atoms with E-state index in [0.29, 0.717) is 12.1 Å². The molecule has 0 saturated carbocycles. The van der Waals surface area contributed by atoms with Gasteiger partial charge in [-0.15, -0.1) is 0 Å². The molecule has 1 rings (SSSR count). The van der Waals surface area contributed by atoms with E-state index >= 15 is 0 Å². The fourth-order valence-electron chi connectivity index (χ4n) is 0.777. The van der Waals surface area contributed by atoms with Crippen LogP contribution < -0.4 is 0 Å². The van der Waals surface area contributed by atoms with Crippen LogP contribution in [0.4, 0.5) is 26.3 Å². The molecule has 0 amide bonds. The molecule has 0 aliphatic carbocycles. The number of halogens is 6. The second-order valence-corrected chi connectivity index (χ2v) is 2.49. The maximum atomic E-state index is 11.9. The quantitative estimate of drug-likeness (QED) is 0.578. The molecule has 0 aromatic heterocycles. The van der Waals surface area contributed by atoms with Crippen LogP contribution in [-0.2, 0) is 12.4 Å². The van der Waals surface area contributed by atoms with Crippen molar-refractivity contribution >= 4 is 0 Å². The van der Waals surface area contributed by atoms with Gasteiger partial charge in [0.1, 0.15) is 0 Å². The summed E-state index contributed by atoms with van der Waals surface area (Å²) in [4.78, 5) is 0. The van der Waals surface area contributed by atoms with Gasteiger partial charge in [-0.25, -0.2) is 0 Å². The van der Waals surface area contributed by atoms with E-state index in [0.717, 1.165) is 0 Å². The Balaban J connectivity index is 3.02. The van der Waals surface area contributed by atoms with E-state index in [9.17, 15) is 26.3 Å². The highest BCUT2D eigenvalue weighted by atomic mass is 19.4. The number of hydrogen-bond acceptors (Lipinski definition) is 0. The van der Waals surface area contributed by atoms with Gasteiger partial charge in [0.05, 0.1) is 11.1 Å². The maximum Gasteiger partial charge on any atom is 0.417 e. The standard InChI is InChI=1S/C8H3F6/c9-7(10,11)5-1-2-6(4-3-5)8(12,13)14/h1-3H. The van der Waals surface area contributed by atoms with Crippen molar-refractivity contribution in [3.63, 3.8) is 0 Å². The summed E-state index contributed by atoms with van der Waals surface area (Å²) in [7, 11) is 0. The van der Waals surface area contributed by atoms with Gasteiger partial charge < -0.3 is 0 Å². The highest BCUT2D eigenvalue weighted by Crippen LogP contribution is 2.33. The Morgan fingerprint density at radius 1 is 0.857 bits per heavy atom. The first-order valence-electron chi connectivity index (χ1n) is 3.37. The summed E-state index contributed by atoms with van der Waals surface area (Å²) < 4.78 is 71.5. The molecule has 1 radical (unpaired) electrons. The third-order valence-corrected chi connectivity index (χ3v) is 1.45. The average molecular weight is 213 g/mol. The number of hydrogen-bond donors (Lipinski definition) is 0. The van der Waals surface area contributed by atoms with E-state index < -0.39 is 23.5 Å². The Kier molecular flexibility index (Phi) is 2.47. The van der Waals surface area contributed by atoms with Crippen molar-refractivity contribution in [1.29, 1.82) is 0 Å². The molecule has 0 N–H and O–H groups in total. The molecular weight excluding hydrogens is 210 g/mol. The lowest BCUT2D eigenvalue weighted by Crippen LogP contribution is -2.08. The zero-order chi connectivity index (χ0) is 11.0. The van der Waals surface area contributed by atoms with E-state index in [2.05, 4.69) is 0 Å². The summed E-state index contributed by atoms with van der Waals surface area (Å²) in [6.07, 6.45) is -9.30. The van der Waals surface area contributed by atoms with Gasteiger partial charge in [0, 0.05) is 0 Å². The summed E-state index contributed by atoms with van der Waals surface area (Å²) in [6, 6.07) is 2.54. The second kappa shape index (κ2) is 3.18. The minimum atomic E-state index is -4.66. The topological polar surface area (TPSA) is 0 Å². The molecule has 0 aliphatic heterocycles. The number of alkyl halides is 6. The van der Waals surface area contributed by atoms with Crippen molar-refractivity contribution < 1.29 is 26.3 Å². The Labute approximate surface area is 75.2 Å². The van der Waals surface area contributed by atoms with Crippen molar-refractivity contribution in [1.82, 2.24) is 0 Å². The van der Waals surface area contributed by atoms with Crippen LogP contribution in [0.25, 0.3) is 0 Å². The minimum absolute atomic E-state index is 0.281. The van der Waals surface area contributed by atoms with Crippen molar-refractivity contribution in [3.8, 4) is 0 Å². The van der Waals surface area contributed by atoms with Gasteiger partial charge in [-0.05, 0) is 24.3 Å². The Hall–Kier alpha value is -1.20. The highest BCUT2D eigenvalue weighted by molar-refractivity contribution is 5.25. The molecule has 0 bridgehead atoms. The summed E-state index contributed by atoms with van der Waals surface area (Å²) in [6.45, 7) is 0. The zero-order valence-electron chi connectivity index (χ0n) is 6.50. The van der Waals surface area contributed by atoms with Crippen LogP contribution in [0.3, 0.4) is 0 Å². The van der Waals surface area contributed by atoms with Crippen LogP contribution >= 0.6 is 0 Å². The van der Waals surface area contributed by atoms with Crippen LogP contribution in [-0.4, -0.2) is 0 Å². The van der Waals surface area contributed by atoms with Crippen LogP contribution in [0, 0.1) is 6.07 Å². The Morgan fingerprint density at radius 3 is 1.71 bits per heavy atom. The first-order chi connectivity index (χ1) is 6.21. The SMILES string of the molecule is FC(F)(F)c1[c]cc(C(F)(F)F)cc1. The van der Waals surface area contributed by atoms with Crippen LogP contribution in [0.15, 0.2) is 18.2 Å². The maximum absolute atomic E-state index is 11.9. The molecule has 77 valence electrons. The third kappa shape index (κ3) is 2.40. The predicted molar refractivity (Wildman–Crippen MR) is 35.3 cm³/mol. The lowest BCUT2D eigenvalue weighted by molar-refractivity contribution is -0.141. The van der Waals surface area contributed by atoms with Crippen LogP contribution in [0.1, 0.15) is 11.1 Å². The molecule has 0 unspecified atom stereocenters. The summed E-state index contributed by atoms with van der Waals surface area (Å²) in [5.74, 6) is 0. The molecule has 6 heteroatoms. The fourth-order valence-corrected chi connectivity index (χ4v) is 0.777. The third-order valence-electron chi connectivity index (χ3n) is 1.45. The smallest absolute Gasteiger partial charge is 0.166 e. The average Bonchev–Trinajstić information content (AvgIpc) is 2.01. The van der Waals surface area contributed by atoms with Gasteiger partial charge in [0.25, 0.3) is 0 Å². The van der Waals surface area contributed by atoms with E-state index in [-0.39, 0.29) is 6.07 Å². The van der Waals surface area contributed by atoms with Gasteiger partial charge in [0.15, 0.2) is 0 Å². The fraction of sp³-hybridized carbons (Fsp3) is 0.250. The summed E-state index contributed by atoms with van der Waals surface area (Å²) in [5, 5.41) is 0. The van der Waals surface area contributed by atoms with Crippen molar-refractivity contribution in [2.75, 3.05) is 0 Å². The van der Waals surface area contributed by atoms with E-state index in [1.807, 2.05) is 0 Å². The Morgan fingerprint density at radius 2 is 1.43 bits per heavy atom. The monoisotopic (exact) mass is 213 g/mol. The lowest BCUT2D eigenvalue weighted by atomic mass is 10.1. The summed E-state index contributed by atoms with van der Waals surface area (Å²) in [5.41, 5.74) is -2.36. The lowest BCUT2D eigenvalue weighted by Gasteiger charge is -2.08. The van der Waals surface area contributed by atoms with Gasteiger partial charge in [-0.2, -0.15) is 26.3 Å². The van der Waals surface area contributed by atoms with Crippen molar-refractivity contribution in [2.45, 2.75) is 12.4 Å². The van der Waals surface area contributed by atoms with Gasteiger partial charge in [-0.1, -0.05) is 0 Å². The molecule has 14 heavy (non-hydrogen) atoms. The van der Waals surface area contributed by atoms with Crippen LogP contribution in [0.2, 0.25) is 0 Å². The zero-order valence-corrected chi connectivity index (χ0v) is 6.50. The minimum Gasteiger partial charge on any atom is -0.166 e. The largest absolute Gasteiger partial charge is 0.417 e. The first-order valence-corrected chi connectivity index (χ1v) is 3.37. The summed E-state index contributed by atoms with van der Waals surface area (Å²) >= 11 is 0. The Bertz CT molecular complexity index is 271. The number of benzene rings is 1. The van der Waals surface area contributed by atoms with Crippen molar-refractivity contribution in [3.05, 3.63) is 35.4 Å². The van der Waals surface area contributed by atoms with Crippen molar-refractivity contribution in [2.24, 2.45) is 0 Å². The van der Waals surface area contributed by atoms with E-state index in [4.69, 9.17) is 0 Å². The molecule has 0 spiro atoms. The molecule has 0 nitrogen and oxygen atoms in total.